The van der Waals surface area contributed by atoms with Crippen LogP contribution in [0.2, 0.25) is 10.0 Å². The predicted molar refractivity (Wildman–Crippen MR) is 111 cm³/mol. The first-order valence-electron chi connectivity index (χ1n) is 7.85. The second kappa shape index (κ2) is 7.55. The Morgan fingerprint density at radius 1 is 1.04 bits per heavy atom. The molecule has 0 bridgehead atoms. The number of nitrogens with one attached hydrogen (secondary N) is 2. The number of benzene rings is 2. The average molecular weight is 433 g/mol. The van der Waals surface area contributed by atoms with Crippen molar-refractivity contribution in [3.63, 3.8) is 0 Å². The molecule has 0 unspecified atom stereocenters. The fourth-order valence-corrected chi connectivity index (χ4v) is 3.68. The molecule has 8 nitrogen and oxygen atoms in total. The zero-order valence-corrected chi connectivity index (χ0v) is 16.2. The minimum absolute atomic E-state index is 0.0136. The lowest BCUT2D eigenvalue weighted by atomic mass is 10.3. The summed E-state index contributed by atoms with van der Waals surface area (Å²) in [6, 6.07) is 12.3. The lowest BCUT2D eigenvalue weighted by Gasteiger charge is -2.10. The van der Waals surface area contributed by atoms with Gasteiger partial charge in [-0.05, 0) is 30.3 Å². The Kier molecular flexibility index (Phi) is 4.95. The van der Waals surface area contributed by atoms with E-state index >= 15 is 0 Å². The second-order valence-corrected chi connectivity index (χ2v) is 7.41. The van der Waals surface area contributed by atoms with Crippen LogP contribution in [0.5, 0.6) is 0 Å². The van der Waals surface area contributed by atoms with Gasteiger partial charge in [0, 0.05) is 5.02 Å². The Morgan fingerprint density at radius 2 is 1.79 bits per heavy atom. The van der Waals surface area contributed by atoms with Gasteiger partial charge in [-0.25, -0.2) is 15.0 Å². The summed E-state index contributed by atoms with van der Waals surface area (Å²) >= 11 is 13.5. The van der Waals surface area contributed by atoms with Crippen LogP contribution in [-0.2, 0) is 0 Å². The van der Waals surface area contributed by atoms with E-state index in [0.29, 0.717) is 20.9 Å². The maximum absolute atomic E-state index is 11.7. The maximum atomic E-state index is 11.7. The first-order valence-corrected chi connectivity index (χ1v) is 9.42. The van der Waals surface area contributed by atoms with Crippen molar-refractivity contribution >= 4 is 72.9 Å². The molecular formula is C17H10Cl2N6O2S. The monoisotopic (exact) mass is 432 g/mol. The summed E-state index contributed by atoms with van der Waals surface area (Å²) in [5, 5.41) is 18.7. The molecular weight excluding hydrogens is 423 g/mol. The molecule has 0 aliphatic carbocycles. The van der Waals surface area contributed by atoms with Crippen LogP contribution in [0.4, 0.5) is 28.1 Å². The Balaban J connectivity index is 1.73. The third kappa shape index (κ3) is 3.68. The van der Waals surface area contributed by atoms with Crippen LogP contribution in [0.3, 0.4) is 0 Å². The van der Waals surface area contributed by atoms with Gasteiger partial charge >= 0.3 is 5.69 Å². The molecule has 2 aromatic heterocycles. The normalized spacial score (nSPS) is 10.8. The highest BCUT2D eigenvalue weighted by Gasteiger charge is 2.24. The van der Waals surface area contributed by atoms with Gasteiger partial charge in [0.05, 0.1) is 25.8 Å². The number of hydrogen-bond acceptors (Lipinski definition) is 8. The summed E-state index contributed by atoms with van der Waals surface area (Å²) in [5.74, 6) is -0.00696. The summed E-state index contributed by atoms with van der Waals surface area (Å²) in [4.78, 5) is 23.6. The van der Waals surface area contributed by atoms with Crippen LogP contribution in [0.1, 0.15) is 0 Å². The molecule has 4 rings (SSSR count). The topological polar surface area (TPSA) is 106 Å². The van der Waals surface area contributed by atoms with Gasteiger partial charge in [0.1, 0.15) is 6.33 Å². The minimum atomic E-state index is -0.573. The standard InChI is InChI=1S/C17H10Cl2N6O2S/c18-9-5-6-10(19)12(7-9)22-15-14(25(26)27)16(21-8-20-15)24-17-23-11-3-1-2-4-13(11)28-17/h1-8H,(H2,20,21,22,23,24). The minimum Gasteiger partial charge on any atom is -0.333 e. The molecule has 0 fully saturated rings. The largest absolute Gasteiger partial charge is 0.353 e. The van der Waals surface area contributed by atoms with E-state index in [2.05, 4.69) is 25.6 Å². The number of hydrogen-bond donors (Lipinski definition) is 2. The molecule has 2 aromatic carbocycles. The third-order valence-electron chi connectivity index (χ3n) is 3.71. The highest BCUT2D eigenvalue weighted by atomic mass is 35.5. The van der Waals surface area contributed by atoms with E-state index in [-0.39, 0.29) is 17.3 Å². The molecule has 0 radical (unpaired) electrons. The SMILES string of the molecule is O=[N+]([O-])c1c(Nc2nc3ccccc3s2)ncnc1Nc1cc(Cl)ccc1Cl. The molecule has 2 N–H and O–H groups in total. The number of thiazole rings is 1. The smallest absolute Gasteiger partial charge is 0.333 e. The molecule has 0 saturated heterocycles. The van der Waals surface area contributed by atoms with Gasteiger partial charge in [0.25, 0.3) is 0 Å². The quantitative estimate of drug-likeness (QED) is 0.303. The van der Waals surface area contributed by atoms with E-state index in [0.717, 1.165) is 10.2 Å². The predicted octanol–water partition coefficient (Wildman–Crippen LogP) is 5.79. The summed E-state index contributed by atoms with van der Waals surface area (Å²) in [7, 11) is 0. The highest BCUT2D eigenvalue weighted by molar-refractivity contribution is 7.22. The lowest BCUT2D eigenvalue weighted by molar-refractivity contribution is -0.383. The zero-order chi connectivity index (χ0) is 19.7. The van der Waals surface area contributed by atoms with Gasteiger partial charge in [0.15, 0.2) is 5.13 Å². The number of para-hydroxylation sites is 1. The van der Waals surface area contributed by atoms with Crippen LogP contribution >= 0.6 is 34.5 Å². The molecule has 0 aliphatic heterocycles. The zero-order valence-electron chi connectivity index (χ0n) is 13.9. The Morgan fingerprint density at radius 3 is 2.54 bits per heavy atom. The molecule has 0 aliphatic rings. The number of anilines is 4. The molecule has 140 valence electrons. The van der Waals surface area contributed by atoms with Gasteiger partial charge in [-0.3, -0.25) is 10.1 Å². The van der Waals surface area contributed by atoms with Crippen molar-refractivity contribution in [3.05, 3.63) is 69.0 Å². The van der Waals surface area contributed by atoms with Gasteiger partial charge in [-0.2, -0.15) is 0 Å². The number of halogens is 2. The number of nitrogens with zero attached hydrogens (tertiary/aromatic N) is 4. The number of aromatic nitrogens is 3. The van der Waals surface area contributed by atoms with Crippen LogP contribution in [0, 0.1) is 10.1 Å². The first kappa shape index (κ1) is 18.4. The molecule has 11 heteroatoms. The van der Waals surface area contributed by atoms with E-state index in [4.69, 9.17) is 23.2 Å². The Bertz CT molecular complexity index is 1170. The highest BCUT2D eigenvalue weighted by Crippen LogP contribution is 2.36. The van der Waals surface area contributed by atoms with Crippen LogP contribution < -0.4 is 10.6 Å². The molecule has 4 aromatic rings. The van der Waals surface area contributed by atoms with E-state index in [1.165, 1.54) is 17.7 Å². The van der Waals surface area contributed by atoms with Crippen molar-refractivity contribution in [2.45, 2.75) is 0 Å². The molecule has 0 atom stereocenters. The third-order valence-corrected chi connectivity index (χ3v) is 5.22. The van der Waals surface area contributed by atoms with E-state index in [9.17, 15) is 10.1 Å². The molecule has 0 saturated carbocycles. The molecule has 0 amide bonds. The molecule has 2 heterocycles. The summed E-state index contributed by atoms with van der Waals surface area (Å²) in [6.07, 6.45) is 1.21. The van der Waals surface area contributed by atoms with Gasteiger partial charge in [0.2, 0.25) is 11.6 Å². The Hall–Kier alpha value is -3.01. The van der Waals surface area contributed by atoms with E-state index in [1.54, 1.807) is 18.2 Å². The maximum Gasteiger partial charge on any atom is 0.353 e. The summed E-state index contributed by atoms with van der Waals surface area (Å²) in [5.41, 5.74) is 0.843. The number of nitro groups is 1. The average Bonchev–Trinajstić information content (AvgIpc) is 3.07. The second-order valence-electron chi connectivity index (χ2n) is 5.54. The van der Waals surface area contributed by atoms with Crippen molar-refractivity contribution in [2.75, 3.05) is 10.6 Å². The Labute approximate surface area is 172 Å². The van der Waals surface area contributed by atoms with Gasteiger partial charge < -0.3 is 10.6 Å². The van der Waals surface area contributed by atoms with Crippen molar-refractivity contribution in [1.82, 2.24) is 15.0 Å². The van der Waals surface area contributed by atoms with E-state index < -0.39 is 4.92 Å². The summed E-state index contributed by atoms with van der Waals surface area (Å²) in [6.45, 7) is 0. The van der Waals surface area contributed by atoms with Crippen LogP contribution in [0.25, 0.3) is 10.2 Å². The number of fused-ring (bicyclic) bond motifs is 1. The molecule has 0 spiro atoms. The van der Waals surface area contributed by atoms with E-state index in [1.807, 2.05) is 24.3 Å². The van der Waals surface area contributed by atoms with Crippen molar-refractivity contribution < 1.29 is 4.92 Å². The van der Waals surface area contributed by atoms with Gasteiger partial charge in [-0.1, -0.05) is 46.7 Å². The fourth-order valence-electron chi connectivity index (χ4n) is 2.48. The van der Waals surface area contributed by atoms with Gasteiger partial charge in [-0.15, -0.1) is 0 Å². The number of rotatable bonds is 5. The van der Waals surface area contributed by atoms with Crippen LogP contribution in [-0.4, -0.2) is 19.9 Å². The van der Waals surface area contributed by atoms with Crippen molar-refractivity contribution in [3.8, 4) is 0 Å². The van der Waals surface area contributed by atoms with Crippen molar-refractivity contribution in [2.24, 2.45) is 0 Å². The fraction of sp³-hybridized carbons (Fsp3) is 0. The van der Waals surface area contributed by atoms with Crippen LogP contribution in [0.15, 0.2) is 48.8 Å². The lowest BCUT2D eigenvalue weighted by Crippen LogP contribution is -2.05. The first-order chi connectivity index (χ1) is 13.5. The van der Waals surface area contributed by atoms with Crippen molar-refractivity contribution in [1.29, 1.82) is 0 Å². The molecule has 28 heavy (non-hydrogen) atoms. The summed E-state index contributed by atoms with van der Waals surface area (Å²) < 4.78 is 0.950.